The Morgan fingerprint density at radius 3 is 2.42 bits per heavy atom. The number of piperazine rings is 1. The highest BCUT2D eigenvalue weighted by atomic mass is 32.1. The molecule has 0 unspecified atom stereocenters. The molecule has 0 radical (unpaired) electrons. The van der Waals surface area contributed by atoms with Gasteiger partial charge in [-0.1, -0.05) is 43.3 Å². The Labute approximate surface area is 185 Å². The number of carbonyl (C=O) groups excluding carboxylic acids is 1. The van der Waals surface area contributed by atoms with E-state index in [-0.39, 0.29) is 11.7 Å². The van der Waals surface area contributed by atoms with Crippen molar-refractivity contribution in [1.82, 2.24) is 14.8 Å². The maximum atomic E-state index is 13.2. The average Bonchev–Trinajstić information content (AvgIpc) is 3.31. The molecule has 5 nitrogen and oxygen atoms in total. The van der Waals surface area contributed by atoms with E-state index in [1.165, 1.54) is 29.0 Å². The van der Waals surface area contributed by atoms with E-state index in [1.807, 2.05) is 22.4 Å². The molecule has 1 saturated heterocycles. The lowest BCUT2D eigenvalue weighted by atomic mass is 10.1. The minimum atomic E-state index is -0.449. The molecule has 2 aromatic carbocycles. The fourth-order valence-electron chi connectivity index (χ4n) is 3.74. The second-order valence-corrected chi connectivity index (χ2v) is 8.36. The number of carbonyl (C=O) groups is 1. The number of halogens is 1. The maximum absolute atomic E-state index is 13.2. The molecule has 0 bridgehead atoms. The second kappa shape index (κ2) is 9.38. The molecule has 0 aliphatic carbocycles. The summed E-state index contributed by atoms with van der Waals surface area (Å²) in [5.74, 6) is -0.401. The lowest BCUT2D eigenvalue weighted by Crippen LogP contribution is -2.49. The van der Waals surface area contributed by atoms with Gasteiger partial charge >= 0.3 is 0 Å². The largest absolute Gasteiger partial charge is 0.335 e. The van der Waals surface area contributed by atoms with Gasteiger partial charge in [-0.3, -0.25) is 9.69 Å². The van der Waals surface area contributed by atoms with Crippen LogP contribution in [0.4, 0.5) is 4.39 Å². The van der Waals surface area contributed by atoms with Crippen LogP contribution in [0.3, 0.4) is 0 Å². The molecule has 4 rings (SSSR count). The average molecular weight is 435 g/mol. The van der Waals surface area contributed by atoms with Crippen molar-refractivity contribution in [3.05, 3.63) is 76.5 Å². The lowest BCUT2D eigenvalue weighted by molar-refractivity contribution is 0.0601. The number of benzene rings is 2. The van der Waals surface area contributed by atoms with E-state index in [4.69, 9.17) is 0 Å². The fourth-order valence-corrected chi connectivity index (χ4v) is 4.54. The molecule has 1 aliphatic rings. The molecule has 0 spiro atoms. The van der Waals surface area contributed by atoms with Crippen molar-refractivity contribution in [2.75, 3.05) is 26.2 Å². The summed E-state index contributed by atoms with van der Waals surface area (Å²) in [7, 11) is 0. The quantitative estimate of drug-likeness (QED) is 0.592. The number of amides is 1. The van der Waals surface area contributed by atoms with Gasteiger partial charge in [0.25, 0.3) is 5.91 Å². The first-order chi connectivity index (χ1) is 15.1. The Bertz CT molecular complexity index is 1080. The molecule has 7 heteroatoms. The third kappa shape index (κ3) is 4.66. The molecule has 31 heavy (non-hydrogen) atoms. The molecule has 2 heterocycles. The van der Waals surface area contributed by atoms with Crippen LogP contribution >= 0.6 is 11.3 Å². The smallest absolute Gasteiger partial charge is 0.273 e. The fraction of sp³-hybridized carbons (Fsp3) is 0.292. The second-order valence-electron chi connectivity index (χ2n) is 7.50. The number of nitrogens with zero attached hydrogens (tertiary/aromatic N) is 4. The summed E-state index contributed by atoms with van der Waals surface area (Å²) in [6, 6.07) is 16.1. The topological polar surface area (TPSA) is 60.2 Å². The minimum absolute atomic E-state index is 0.0809. The molecule has 0 saturated carbocycles. The maximum Gasteiger partial charge on any atom is 0.273 e. The summed E-state index contributed by atoms with van der Waals surface area (Å²) in [5.41, 5.74) is 3.51. The molecular formula is C24H23FN4OS. The van der Waals surface area contributed by atoms with Gasteiger partial charge in [-0.25, -0.2) is 9.37 Å². The van der Waals surface area contributed by atoms with Crippen molar-refractivity contribution in [1.29, 1.82) is 5.26 Å². The number of rotatable bonds is 5. The summed E-state index contributed by atoms with van der Waals surface area (Å²) in [6.07, 6.45) is 0.988. The Hall–Kier alpha value is -3.08. The van der Waals surface area contributed by atoms with Crippen LogP contribution in [0.2, 0.25) is 0 Å². The van der Waals surface area contributed by atoms with Gasteiger partial charge in [0, 0.05) is 37.1 Å². The van der Waals surface area contributed by atoms with Crippen LogP contribution in [-0.2, 0) is 6.42 Å². The van der Waals surface area contributed by atoms with Gasteiger partial charge in [-0.2, -0.15) is 5.26 Å². The Balaban J connectivity index is 1.39. The summed E-state index contributed by atoms with van der Waals surface area (Å²) >= 11 is 1.47. The molecule has 1 aromatic heterocycles. The Morgan fingerprint density at radius 2 is 1.81 bits per heavy atom. The van der Waals surface area contributed by atoms with Crippen molar-refractivity contribution in [3.8, 4) is 16.6 Å². The standard InChI is InChI=1S/C24H23FN4OS/c1-2-17-3-5-19(6-4-17)23-27-21(16-31-23)24(30)29-13-11-28(12-14-29)22(15-26)18-7-9-20(25)10-8-18/h3-10,16,22H,2,11-14H2,1H3/t22-/m0/s1. The van der Waals surface area contributed by atoms with Gasteiger partial charge in [-0.05, 0) is 29.7 Å². The number of aromatic nitrogens is 1. The third-order valence-corrected chi connectivity index (χ3v) is 6.50. The van der Waals surface area contributed by atoms with Gasteiger partial charge in [0.05, 0.1) is 6.07 Å². The number of hydrogen-bond acceptors (Lipinski definition) is 5. The minimum Gasteiger partial charge on any atom is -0.335 e. The first-order valence-corrected chi connectivity index (χ1v) is 11.2. The monoisotopic (exact) mass is 434 g/mol. The zero-order valence-electron chi connectivity index (χ0n) is 17.3. The highest BCUT2D eigenvalue weighted by molar-refractivity contribution is 7.13. The lowest BCUT2D eigenvalue weighted by Gasteiger charge is -2.36. The summed E-state index contributed by atoms with van der Waals surface area (Å²) in [6.45, 7) is 4.33. The third-order valence-electron chi connectivity index (χ3n) is 5.61. The van der Waals surface area contributed by atoms with E-state index in [1.54, 1.807) is 17.0 Å². The molecule has 158 valence electrons. The normalized spacial score (nSPS) is 15.5. The number of thiazole rings is 1. The van der Waals surface area contributed by atoms with Gasteiger partial charge < -0.3 is 4.90 Å². The summed E-state index contributed by atoms with van der Waals surface area (Å²) in [4.78, 5) is 21.3. The van der Waals surface area contributed by atoms with Crippen molar-refractivity contribution in [2.24, 2.45) is 0 Å². The SMILES string of the molecule is CCc1ccc(-c2nc(C(=O)N3CCN([C@@H](C#N)c4ccc(F)cc4)CC3)cs2)cc1. The zero-order chi connectivity index (χ0) is 21.8. The van der Waals surface area contributed by atoms with Crippen LogP contribution in [0.15, 0.2) is 53.9 Å². The van der Waals surface area contributed by atoms with Crippen molar-refractivity contribution in [2.45, 2.75) is 19.4 Å². The van der Waals surface area contributed by atoms with Gasteiger partial charge in [-0.15, -0.1) is 11.3 Å². The first-order valence-electron chi connectivity index (χ1n) is 10.3. The van der Waals surface area contributed by atoms with Crippen LogP contribution < -0.4 is 0 Å². The molecule has 3 aromatic rings. The first kappa shape index (κ1) is 21.2. The van der Waals surface area contributed by atoms with Gasteiger partial charge in [0.1, 0.15) is 22.6 Å². The van der Waals surface area contributed by atoms with E-state index < -0.39 is 6.04 Å². The van der Waals surface area contributed by atoms with Crippen molar-refractivity contribution >= 4 is 17.2 Å². The van der Waals surface area contributed by atoms with Crippen LogP contribution in [0, 0.1) is 17.1 Å². The molecule has 0 N–H and O–H groups in total. The Morgan fingerprint density at radius 1 is 1.13 bits per heavy atom. The van der Waals surface area contributed by atoms with Crippen LogP contribution in [0.1, 0.15) is 34.6 Å². The molecule has 1 aliphatic heterocycles. The van der Waals surface area contributed by atoms with E-state index in [2.05, 4.69) is 30.1 Å². The summed E-state index contributed by atoms with van der Waals surface area (Å²) < 4.78 is 13.2. The molecular weight excluding hydrogens is 411 g/mol. The van der Waals surface area contributed by atoms with Gasteiger partial charge in [0.15, 0.2) is 0 Å². The highest BCUT2D eigenvalue weighted by Crippen LogP contribution is 2.26. The highest BCUT2D eigenvalue weighted by Gasteiger charge is 2.28. The molecule has 1 amide bonds. The van der Waals surface area contributed by atoms with Crippen LogP contribution in [-0.4, -0.2) is 46.9 Å². The zero-order valence-corrected chi connectivity index (χ0v) is 18.1. The molecule has 1 fully saturated rings. The number of nitriles is 1. The van der Waals surface area contributed by atoms with Crippen molar-refractivity contribution < 1.29 is 9.18 Å². The van der Waals surface area contributed by atoms with Crippen LogP contribution in [0.5, 0.6) is 0 Å². The summed E-state index contributed by atoms with van der Waals surface area (Å²) in [5, 5.41) is 12.3. The van der Waals surface area contributed by atoms with E-state index in [9.17, 15) is 14.4 Å². The molecule has 1 atom stereocenters. The van der Waals surface area contributed by atoms with Crippen molar-refractivity contribution in [3.63, 3.8) is 0 Å². The van der Waals surface area contributed by atoms with Gasteiger partial charge in [0.2, 0.25) is 0 Å². The predicted molar refractivity (Wildman–Crippen MR) is 119 cm³/mol. The van der Waals surface area contributed by atoms with E-state index in [0.717, 1.165) is 22.6 Å². The predicted octanol–water partition coefficient (Wildman–Crippen LogP) is 4.53. The van der Waals surface area contributed by atoms with Crippen LogP contribution in [0.25, 0.3) is 10.6 Å². The van der Waals surface area contributed by atoms with E-state index in [0.29, 0.717) is 31.9 Å². The number of hydrogen-bond donors (Lipinski definition) is 0. The Kier molecular flexibility index (Phi) is 6.40. The number of aryl methyl sites for hydroxylation is 1. The van der Waals surface area contributed by atoms with E-state index >= 15 is 0 Å².